The second-order valence-corrected chi connectivity index (χ2v) is 4.93. The highest BCUT2D eigenvalue weighted by Crippen LogP contribution is 2.21. The highest BCUT2D eigenvalue weighted by molar-refractivity contribution is 5.99. The van der Waals surface area contributed by atoms with Gasteiger partial charge in [0.15, 0.2) is 5.82 Å². The van der Waals surface area contributed by atoms with Gasteiger partial charge in [0.05, 0.1) is 11.1 Å². The largest absolute Gasteiger partial charge is 0.352 e. The lowest BCUT2D eigenvalue weighted by atomic mass is 10.0. The maximum absolute atomic E-state index is 12.3. The highest BCUT2D eigenvalue weighted by Gasteiger charge is 2.20. The van der Waals surface area contributed by atoms with Crippen molar-refractivity contribution in [2.45, 2.75) is 6.92 Å². The molecule has 0 saturated carbocycles. The van der Waals surface area contributed by atoms with Crippen LogP contribution >= 0.6 is 12.4 Å². The molecule has 2 N–H and O–H groups in total. The van der Waals surface area contributed by atoms with E-state index in [1.807, 2.05) is 18.2 Å². The van der Waals surface area contributed by atoms with Crippen LogP contribution in [0.3, 0.4) is 0 Å². The van der Waals surface area contributed by atoms with E-state index >= 15 is 0 Å². The van der Waals surface area contributed by atoms with Crippen molar-refractivity contribution < 1.29 is 9.32 Å². The monoisotopic (exact) mass is 308 g/mol. The predicted octanol–water partition coefficient (Wildman–Crippen LogP) is 1.42. The van der Waals surface area contributed by atoms with Crippen molar-refractivity contribution in [3.63, 3.8) is 0 Å². The topological polar surface area (TPSA) is 80.0 Å². The van der Waals surface area contributed by atoms with E-state index in [-0.39, 0.29) is 18.3 Å². The Balaban J connectivity index is 0.00000161. The molecule has 0 unspecified atom stereocenters. The SMILES string of the molecule is Cc1noc(-c2ccccc2C(=O)NCC2CNC2)n1.Cl. The van der Waals surface area contributed by atoms with E-state index < -0.39 is 0 Å². The summed E-state index contributed by atoms with van der Waals surface area (Å²) >= 11 is 0. The Morgan fingerprint density at radius 2 is 2.19 bits per heavy atom. The fraction of sp³-hybridized carbons (Fsp3) is 0.357. The molecule has 1 aromatic heterocycles. The molecule has 0 bridgehead atoms. The van der Waals surface area contributed by atoms with Gasteiger partial charge in [0.25, 0.3) is 11.8 Å². The molecular formula is C14H17ClN4O2. The number of hydrogen-bond donors (Lipinski definition) is 2. The summed E-state index contributed by atoms with van der Waals surface area (Å²) in [4.78, 5) is 16.4. The van der Waals surface area contributed by atoms with E-state index in [1.54, 1.807) is 13.0 Å². The standard InChI is InChI=1S/C14H16N4O2.ClH/c1-9-17-14(20-18-9)12-5-3-2-4-11(12)13(19)16-8-10-6-15-7-10;/h2-5,10,15H,6-8H2,1H3,(H,16,19);1H. The molecule has 1 aliphatic heterocycles. The summed E-state index contributed by atoms with van der Waals surface area (Å²) in [5.74, 6) is 1.34. The van der Waals surface area contributed by atoms with E-state index in [4.69, 9.17) is 4.52 Å². The number of amides is 1. The van der Waals surface area contributed by atoms with Crippen LogP contribution in [0.4, 0.5) is 0 Å². The van der Waals surface area contributed by atoms with Gasteiger partial charge in [-0.1, -0.05) is 17.3 Å². The number of hydrogen-bond acceptors (Lipinski definition) is 5. The second-order valence-electron chi connectivity index (χ2n) is 4.93. The van der Waals surface area contributed by atoms with Crippen LogP contribution in [0.2, 0.25) is 0 Å². The molecule has 0 aliphatic carbocycles. The summed E-state index contributed by atoms with van der Waals surface area (Å²) in [6.07, 6.45) is 0. The van der Waals surface area contributed by atoms with Crippen LogP contribution in [0.1, 0.15) is 16.2 Å². The Labute approximate surface area is 128 Å². The lowest BCUT2D eigenvalue weighted by Gasteiger charge is -2.27. The number of carbonyl (C=O) groups excluding carboxylic acids is 1. The van der Waals surface area contributed by atoms with Crippen molar-refractivity contribution in [1.82, 2.24) is 20.8 Å². The number of nitrogens with one attached hydrogen (secondary N) is 2. The van der Waals surface area contributed by atoms with E-state index in [1.165, 1.54) is 0 Å². The quantitative estimate of drug-likeness (QED) is 0.893. The summed E-state index contributed by atoms with van der Waals surface area (Å²) in [5, 5.41) is 9.89. The Morgan fingerprint density at radius 1 is 1.43 bits per heavy atom. The van der Waals surface area contributed by atoms with Crippen molar-refractivity contribution in [1.29, 1.82) is 0 Å². The molecule has 1 aliphatic rings. The molecular weight excluding hydrogens is 292 g/mol. The molecule has 2 heterocycles. The number of nitrogens with zero attached hydrogens (tertiary/aromatic N) is 2. The zero-order chi connectivity index (χ0) is 13.9. The third kappa shape index (κ3) is 3.40. The summed E-state index contributed by atoms with van der Waals surface area (Å²) in [6, 6.07) is 7.25. The summed E-state index contributed by atoms with van der Waals surface area (Å²) in [5.41, 5.74) is 1.22. The minimum Gasteiger partial charge on any atom is -0.352 e. The van der Waals surface area contributed by atoms with Gasteiger partial charge in [-0.3, -0.25) is 4.79 Å². The predicted molar refractivity (Wildman–Crippen MR) is 80.4 cm³/mol. The van der Waals surface area contributed by atoms with Crippen molar-refractivity contribution in [2.24, 2.45) is 5.92 Å². The molecule has 21 heavy (non-hydrogen) atoms. The summed E-state index contributed by atoms with van der Waals surface area (Å²) < 4.78 is 5.15. The van der Waals surface area contributed by atoms with Gasteiger partial charge in [0.1, 0.15) is 0 Å². The Morgan fingerprint density at radius 3 is 2.81 bits per heavy atom. The fourth-order valence-electron chi connectivity index (χ4n) is 2.10. The smallest absolute Gasteiger partial charge is 0.258 e. The van der Waals surface area contributed by atoms with Gasteiger partial charge in [0.2, 0.25) is 0 Å². The van der Waals surface area contributed by atoms with E-state index in [2.05, 4.69) is 20.8 Å². The molecule has 1 aromatic carbocycles. The molecule has 1 amide bonds. The van der Waals surface area contributed by atoms with Gasteiger partial charge < -0.3 is 15.2 Å². The lowest BCUT2D eigenvalue weighted by Crippen LogP contribution is -2.48. The van der Waals surface area contributed by atoms with Crippen LogP contribution < -0.4 is 10.6 Å². The minimum atomic E-state index is -0.108. The molecule has 112 valence electrons. The van der Waals surface area contributed by atoms with Gasteiger partial charge in [-0.15, -0.1) is 12.4 Å². The minimum absolute atomic E-state index is 0. The molecule has 3 rings (SSSR count). The third-order valence-corrected chi connectivity index (χ3v) is 3.35. The van der Waals surface area contributed by atoms with Crippen molar-refractivity contribution in [3.8, 4) is 11.5 Å². The van der Waals surface area contributed by atoms with E-state index in [9.17, 15) is 4.79 Å². The maximum atomic E-state index is 12.3. The molecule has 0 radical (unpaired) electrons. The van der Waals surface area contributed by atoms with E-state index in [0.717, 1.165) is 13.1 Å². The number of rotatable bonds is 4. The van der Waals surface area contributed by atoms with Crippen LogP contribution in [0.25, 0.3) is 11.5 Å². The average Bonchev–Trinajstić information content (AvgIpc) is 2.83. The average molecular weight is 309 g/mol. The summed E-state index contributed by atoms with van der Waals surface area (Å²) in [7, 11) is 0. The number of halogens is 1. The molecule has 6 nitrogen and oxygen atoms in total. The molecule has 0 spiro atoms. The van der Waals surface area contributed by atoms with Crippen LogP contribution in [0, 0.1) is 12.8 Å². The number of carbonyl (C=O) groups is 1. The lowest BCUT2D eigenvalue weighted by molar-refractivity contribution is 0.0942. The van der Waals surface area contributed by atoms with Crippen molar-refractivity contribution in [3.05, 3.63) is 35.7 Å². The number of benzene rings is 1. The maximum Gasteiger partial charge on any atom is 0.258 e. The van der Waals surface area contributed by atoms with Crippen LogP contribution in [-0.2, 0) is 0 Å². The zero-order valence-corrected chi connectivity index (χ0v) is 12.4. The number of aryl methyl sites for hydroxylation is 1. The normalized spacial score (nSPS) is 14.1. The highest BCUT2D eigenvalue weighted by atomic mass is 35.5. The molecule has 0 atom stereocenters. The number of aromatic nitrogens is 2. The fourth-order valence-corrected chi connectivity index (χ4v) is 2.10. The van der Waals surface area contributed by atoms with Gasteiger partial charge in [-0.25, -0.2) is 0 Å². The first-order valence-corrected chi connectivity index (χ1v) is 6.62. The van der Waals surface area contributed by atoms with Gasteiger partial charge in [0, 0.05) is 25.6 Å². The summed E-state index contributed by atoms with van der Waals surface area (Å²) in [6.45, 7) is 4.36. The van der Waals surface area contributed by atoms with Crippen LogP contribution in [0.5, 0.6) is 0 Å². The molecule has 2 aromatic rings. The van der Waals surface area contributed by atoms with Crippen LogP contribution in [-0.4, -0.2) is 35.7 Å². The molecule has 1 saturated heterocycles. The first-order chi connectivity index (χ1) is 9.74. The third-order valence-electron chi connectivity index (χ3n) is 3.35. The first kappa shape index (κ1) is 15.5. The zero-order valence-electron chi connectivity index (χ0n) is 11.6. The Kier molecular flexibility index (Phi) is 4.93. The van der Waals surface area contributed by atoms with Crippen molar-refractivity contribution in [2.75, 3.05) is 19.6 Å². The van der Waals surface area contributed by atoms with Gasteiger partial charge >= 0.3 is 0 Å². The van der Waals surface area contributed by atoms with Crippen LogP contribution in [0.15, 0.2) is 28.8 Å². The second kappa shape index (κ2) is 6.69. The molecule has 1 fully saturated rings. The van der Waals surface area contributed by atoms with E-state index in [0.29, 0.717) is 35.3 Å². The van der Waals surface area contributed by atoms with Gasteiger partial charge in [-0.05, 0) is 19.1 Å². The molecule has 7 heteroatoms. The first-order valence-electron chi connectivity index (χ1n) is 6.62. The van der Waals surface area contributed by atoms with Crippen molar-refractivity contribution >= 4 is 18.3 Å². The van der Waals surface area contributed by atoms with Gasteiger partial charge in [-0.2, -0.15) is 4.98 Å². The Bertz CT molecular complexity index is 625. The Hall–Kier alpha value is -1.92.